The first kappa shape index (κ1) is 23.1. The number of nitrogens with zero attached hydrogens (tertiary/aromatic N) is 2. The van der Waals surface area contributed by atoms with Crippen molar-refractivity contribution in [2.75, 3.05) is 11.9 Å². The predicted molar refractivity (Wildman–Crippen MR) is 126 cm³/mol. The summed E-state index contributed by atoms with van der Waals surface area (Å²) in [6.45, 7) is 6.65. The molecule has 3 rings (SSSR count). The van der Waals surface area contributed by atoms with Crippen LogP contribution in [0.15, 0.2) is 77.4 Å². The van der Waals surface area contributed by atoms with Crippen LogP contribution in [0, 0.1) is 0 Å². The molecule has 0 aliphatic heterocycles. The number of benzene rings is 2. The molecular formula is C26H31N3O3. The standard InChI is InChI=1S/C26H31N3O3/c1-4-21-12-14-23(15-13-21)27-26(31)29(20(2)3)19-25(30)28(18-24-11-8-16-32-24)17-22-9-6-5-7-10-22/h5-16,20H,4,17-19H2,1-3H3,(H,27,31). The molecule has 6 heteroatoms. The Morgan fingerprint density at radius 1 is 0.906 bits per heavy atom. The molecule has 1 heterocycles. The predicted octanol–water partition coefficient (Wildman–Crippen LogP) is 5.31. The molecule has 0 aliphatic carbocycles. The Bertz CT molecular complexity index is 983. The largest absolute Gasteiger partial charge is 0.467 e. The van der Waals surface area contributed by atoms with Gasteiger partial charge in [-0.2, -0.15) is 0 Å². The molecule has 0 fully saturated rings. The fourth-order valence-electron chi connectivity index (χ4n) is 3.38. The van der Waals surface area contributed by atoms with Crippen LogP contribution in [0.1, 0.15) is 37.7 Å². The highest BCUT2D eigenvalue weighted by atomic mass is 16.3. The number of nitrogens with one attached hydrogen (secondary N) is 1. The molecule has 0 radical (unpaired) electrons. The second kappa shape index (κ2) is 11.2. The molecule has 2 aromatic carbocycles. The molecule has 168 valence electrons. The summed E-state index contributed by atoms with van der Waals surface area (Å²) in [5.74, 6) is 0.557. The van der Waals surface area contributed by atoms with Crippen LogP contribution < -0.4 is 5.32 Å². The zero-order chi connectivity index (χ0) is 22.9. The Balaban J connectivity index is 1.72. The molecule has 3 aromatic rings. The third-order valence-corrected chi connectivity index (χ3v) is 5.30. The Hall–Kier alpha value is -3.54. The fraction of sp³-hybridized carbons (Fsp3) is 0.308. The maximum atomic E-state index is 13.3. The van der Waals surface area contributed by atoms with E-state index in [1.165, 1.54) is 5.56 Å². The lowest BCUT2D eigenvalue weighted by Gasteiger charge is -2.30. The van der Waals surface area contributed by atoms with E-state index in [9.17, 15) is 9.59 Å². The minimum atomic E-state index is -0.296. The SMILES string of the molecule is CCc1ccc(NC(=O)N(CC(=O)N(Cc2ccccc2)Cc2ccco2)C(C)C)cc1. The van der Waals surface area contributed by atoms with Crippen LogP contribution >= 0.6 is 0 Å². The van der Waals surface area contributed by atoms with Gasteiger partial charge in [-0.05, 0) is 55.7 Å². The summed E-state index contributed by atoms with van der Waals surface area (Å²) in [6.07, 6.45) is 2.53. The molecule has 1 N–H and O–H groups in total. The first-order valence-corrected chi connectivity index (χ1v) is 11.0. The average Bonchev–Trinajstić information content (AvgIpc) is 3.31. The molecule has 3 amide bonds. The molecule has 0 saturated carbocycles. The minimum Gasteiger partial charge on any atom is -0.467 e. The van der Waals surface area contributed by atoms with Gasteiger partial charge in [0.15, 0.2) is 0 Å². The van der Waals surface area contributed by atoms with Gasteiger partial charge in [-0.15, -0.1) is 0 Å². The highest BCUT2D eigenvalue weighted by Crippen LogP contribution is 2.15. The van der Waals surface area contributed by atoms with Crippen molar-refractivity contribution in [2.24, 2.45) is 0 Å². The summed E-state index contributed by atoms with van der Waals surface area (Å²) in [7, 11) is 0. The van der Waals surface area contributed by atoms with Crippen molar-refractivity contribution >= 4 is 17.6 Å². The van der Waals surface area contributed by atoms with Crippen molar-refractivity contribution in [3.63, 3.8) is 0 Å². The molecule has 0 bridgehead atoms. The van der Waals surface area contributed by atoms with Gasteiger partial charge >= 0.3 is 6.03 Å². The Morgan fingerprint density at radius 3 is 2.22 bits per heavy atom. The van der Waals surface area contributed by atoms with Crippen molar-refractivity contribution in [3.05, 3.63) is 89.9 Å². The van der Waals surface area contributed by atoms with Crippen LogP contribution in [-0.4, -0.2) is 34.3 Å². The van der Waals surface area contributed by atoms with Crippen LogP contribution in [0.2, 0.25) is 0 Å². The number of urea groups is 1. The summed E-state index contributed by atoms with van der Waals surface area (Å²) in [4.78, 5) is 29.5. The van der Waals surface area contributed by atoms with Gasteiger partial charge in [0, 0.05) is 18.3 Å². The topological polar surface area (TPSA) is 65.8 Å². The van der Waals surface area contributed by atoms with Gasteiger partial charge < -0.3 is 19.5 Å². The summed E-state index contributed by atoms with van der Waals surface area (Å²) >= 11 is 0. The third-order valence-electron chi connectivity index (χ3n) is 5.30. The summed E-state index contributed by atoms with van der Waals surface area (Å²) < 4.78 is 5.46. The van der Waals surface area contributed by atoms with Gasteiger partial charge in [-0.1, -0.05) is 49.4 Å². The van der Waals surface area contributed by atoms with Crippen LogP contribution in [-0.2, 0) is 24.3 Å². The van der Waals surface area contributed by atoms with Gasteiger partial charge in [-0.25, -0.2) is 4.79 Å². The number of carbonyl (C=O) groups excluding carboxylic acids is 2. The monoisotopic (exact) mass is 433 g/mol. The van der Waals surface area contributed by atoms with Crippen LogP contribution in [0.5, 0.6) is 0 Å². The van der Waals surface area contributed by atoms with Crippen molar-refractivity contribution in [3.8, 4) is 0 Å². The molecule has 1 aromatic heterocycles. The quantitative estimate of drug-likeness (QED) is 0.497. The van der Waals surface area contributed by atoms with E-state index < -0.39 is 0 Å². The fourth-order valence-corrected chi connectivity index (χ4v) is 3.38. The van der Waals surface area contributed by atoms with Crippen LogP contribution in [0.25, 0.3) is 0 Å². The molecule has 0 spiro atoms. The number of rotatable bonds is 9. The molecule has 0 atom stereocenters. The van der Waals surface area contributed by atoms with E-state index in [0.717, 1.165) is 12.0 Å². The van der Waals surface area contributed by atoms with E-state index in [2.05, 4.69) is 12.2 Å². The zero-order valence-corrected chi connectivity index (χ0v) is 19.0. The molecule has 0 aliphatic rings. The van der Waals surface area contributed by atoms with E-state index in [1.54, 1.807) is 22.1 Å². The van der Waals surface area contributed by atoms with Gasteiger partial charge in [0.1, 0.15) is 12.3 Å². The van der Waals surface area contributed by atoms with E-state index in [4.69, 9.17) is 4.42 Å². The van der Waals surface area contributed by atoms with E-state index >= 15 is 0 Å². The highest BCUT2D eigenvalue weighted by molar-refractivity contribution is 5.92. The third kappa shape index (κ3) is 6.48. The highest BCUT2D eigenvalue weighted by Gasteiger charge is 2.24. The lowest BCUT2D eigenvalue weighted by Crippen LogP contribution is -2.47. The molecule has 6 nitrogen and oxygen atoms in total. The summed E-state index contributed by atoms with van der Waals surface area (Å²) in [6, 6.07) is 20.8. The van der Waals surface area contributed by atoms with E-state index in [-0.39, 0.29) is 24.5 Å². The average molecular weight is 434 g/mol. The Morgan fingerprint density at radius 2 is 1.62 bits per heavy atom. The van der Waals surface area contributed by atoms with Crippen molar-refractivity contribution < 1.29 is 14.0 Å². The number of carbonyl (C=O) groups is 2. The smallest absolute Gasteiger partial charge is 0.322 e. The second-order valence-corrected chi connectivity index (χ2v) is 8.02. The summed E-state index contributed by atoms with van der Waals surface area (Å²) in [5, 5.41) is 2.91. The molecule has 32 heavy (non-hydrogen) atoms. The second-order valence-electron chi connectivity index (χ2n) is 8.02. The van der Waals surface area contributed by atoms with Crippen LogP contribution in [0.3, 0.4) is 0 Å². The lowest BCUT2D eigenvalue weighted by molar-refractivity contribution is -0.133. The first-order valence-electron chi connectivity index (χ1n) is 11.0. The van der Waals surface area contributed by atoms with Gasteiger partial charge in [-0.3, -0.25) is 4.79 Å². The Kier molecular flexibility index (Phi) is 8.08. The van der Waals surface area contributed by atoms with Crippen molar-refractivity contribution in [1.29, 1.82) is 0 Å². The maximum absolute atomic E-state index is 13.3. The maximum Gasteiger partial charge on any atom is 0.322 e. The molecule has 0 saturated heterocycles. The Labute approximate surface area is 189 Å². The number of aryl methyl sites for hydroxylation is 1. The number of hydrogen-bond donors (Lipinski definition) is 1. The van der Waals surface area contributed by atoms with Gasteiger partial charge in [0.2, 0.25) is 5.91 Å². The number of amides is 3. The van der Waals surface area contributed by atoms with Gasteiger partial charge in [0.25, 0.3) is 0 Å². The lowest BCUT2D eigenvalue weighted by atomic mass is 10.1. The zero-order valence-electron chi connectivity index (χ0n) is 19.0. The number of hydrogen-bond acceptors (Lipinski definition) is 3. The van der Waals surface area contributed by atoms with E-state index in [1.807, 2.05) is 74.5 Å². The molecule has 0 unspecified atom stereocenters. The number of furan rings is 1. The first-order chi connectivity index (χ1) is 15.5. The van der Waals surface area contributed by atoms with Gasteiger partial charge in [0.05, 0.1) is 12.8 Å². The normalized spacial score (nSPS) is 10.8. The molecular weight excluding hydrogens is 402 g/mol. The van der Waals surface area contributed by atoms with E-state index in [0.29, 0.717) is 24.5 Å². The van der Waals surface area contributed by atoms with Crippen molar-refractivity contribution in [2.45, 2.75) is 46.3 Å². The van der Waals surface area contributed by atoms with Crippen LogP contribution in [0.4, 0.5) is 10.5 Å². The minimum absolute atomic E-state index is 0.0237. The summed E-state index contributed by atoms with van der Waals surface area (Å²) in [5.41, 5.74) is 2.93. The number of anilines is 1. The van der Waals surface area contributed by atoms with Crippen molar-refractivity contribution in [1.82, 2.24) is 9.80 Å².